The topological polar surface area (TPSA) is 88.8 Å². The van der Waals surface area contributed by atoms with E-state index in [1.807, 2.05) is 43.3 Å². The first-order chi connectivity index (χ1) is 14.8. The van der Waals surface area contributed by atoms with Gasteiger partial charge in [0.05, 0.1) is 16.1 Å². The van der Waals surface area contributed by atoms with Gasteiger partial charge in [-0.25, -0.2) is 4.79 Å². The molecule has 0 amide bonds. The van der Waals surface area contributed by atoms with E-state index in [9.17, 15) is 14.9 Å². The van der Waals surface area contributed by atoms with Crippen molar-refractivity contribution in [3.63, 3.8) is 0 Å². The van der Waals surface area contributed by atoms with E-state index >= 15 is 0 Å². The second-order valence-corrected chi connectivity index (χ2v) is 7.76. The van der Waals surface area contributed by atoms with Crippen molar-refractivity contribution in [3.8, 4) is 0 Å². The SMILES string of the molecule is CN(C)c1ccc(C2(c3ccc(N(C)C)cc3[N+](=O)[O-])OC(=O)c3cccnc32)cc1. The number of carbonyl (C=O) groups excluding carboxylic acids is 1. The third kappa shape index (κ3) is 3.16. The number of ether oxygens (including phenoxy) is 1. The quantitative estimate of drug-likeness (QED) is 0.355. The Morgan fingerprint density at radius 2 is 1.61 bits per heavy atom. The Balaban J connectivity index is 2.05. The molecule has 3 aromatic rings. The third-order valence-electron chi connectivity index (χ3n) is 5.47. The number of hydrogen-bond acceptors (Lipinski definition) is 7. The minimum absolute atomic E-state index is 0.144. The zero-order valence-corrected chi connectivity index (χ0v) is 17.7. The molecule has 31 heavy (non-hydrogen) atoms. The molecule has 8 nitrogen and oxygen atoms in total. The first-order valence-electron chi connectivity index (χ1n) is 9.68. The summed E-state index contributed by atoms with van der Waals surface area (Å²) in [5, 5.41) is 12.1. The van der Waals surface area contributed by atoms with E-state index in [2.05, 4.69) is 4.98 Å². The Kier molecular flexibility index (Phi) is 4.85. The first kappa shape index (κ1) is 20.3. The lowest BCUT2D eigenvalue weighted by molar-refractivity contribution is -0.386. The first-order valence-corrected chi connectivity index (χ1v) is 9.68. The standard InChI is InChI=1S/C23H22N4O4/c1-25(2)16-9-7-15(8-10-16)23(21-18(22(28)31-23)6-5-13-24-21)19-12-11-17(26(3)4)14-20(19)27(29)30/h5-14H,1-4H3. The Morgan fingerprint density at radius 3 is 2.23 bits per heavy atom. The lowest BCUT2D eigenvalue weighted by Gasteiger charge is -2.29. The molecule has 0 N–H and O–H groups in total. The molecule has 1 aliphatic rings. The molecule has 8 heteroatoms. The van der Waals surface area contributed by atoms with Crippen LogP contribution in [-0.4, -0.2) is 44.1 Å². The average molecular weight is 418 g/mol. The van der Waals surface area contributed by atoms with Crippen LogP contribution >= 0.6 is 0 Å². The van der Waals surface area contributed by atoms with Gasteiger partial charge in [0.25, 0.3) is 5.69 Å². The summed E-state index contributed by atoms with van der Waals surface area (Å²) in [6.45, 7) is 0. The van der Waals surface area contributed by atoms with Gasteiger partial charge in [0, 0.05) is 57.4 Å². The summed E-state index contributed by atoms with van der Waals surface area (Å²) >= 11 is 0. The van der Waals surface area contributed by atoms with Crippen LogP contribution in [0.4, 0.5) is 17.1 Å². The predicted molar refractivity (Wildman–Crippen MR) is 118 cm³/mol. The van der Waals surface area contributed by atoms with Crippen LogP contribution in [0.25, 0.3) is 0 Å². The molecule has 0 aliphatic carbocycles. The van der Waals surface area contributed by atoms with Gasteiger partial charge in [0.1, 0.15) is 5.69 Å². The highest BCUT2D eigenvalue weighted by Gasteiger charge is 2.53. The van der Waals surface area contributed by atoms with Crippen molar-refractivity contribution >= 4 is 23.0 Å². The molecule has 0 saturated heterocycles. The number of carbonyl (C=O) groups is 1. The second-order valence-electron chi connectivity index (χ2n) is 7.76. The van der Waals surface area contributed by atoms with Crippen LogP contribution in [0.5, 0.6) is 0 Å². The van der Waals surface area contributed by atoms with Gasteiger partial charge in [-0.15, -0.1) is 0 Å². The van der Waals surface area contributed by atoms with Crippen LogP contribution in [0, 0.1) is 10.1 Å². The van der Waals surface area contributed by atoms with Gasteiger partial charge >= 0.3 is 5.97 Å². The summed E-state index contributed by atoms with van der Waals surface area (Å²) in [4.78, 5) is 32.6. The smallest absolute Gasteiger partial charge is 0.341 e. The fourth-order valence-corrected chi connectivity index (χ4v) is 3.87. The van der Waals surface area contributed by atoms with Crippen LogP contribution in [0.15, 0.2) is 60.8 Å². The predicted octanol–water partition coefficient (Wildman–Crippen LogP) is 3.58. The molecule has 0 saturated carbocycles. The number of pyridine rings is 1. The van der Waals surface area contributed by atoms with Gasteiger partial charge < -0.3 is 14.5 Å². The van der Waals surface area contributed by atoms with Crippen LogP contribution in [0.2, 0.25) is 0 Å². The number of esters is 1. The minimum atomic E-state index is -1.52. The number of anilines is 2. The number of aromatic nitrogens is 1. The van der Waals surface area contributed by atoms with E-state index < -0.39 is 16.5 Å². The number of cyclic esters (lactones) is 1. The molecular weight excluding hydrogens is 396 g/mol. The normalized spacial score (nSPS) is 17.1. The molecule has 1 atom stereocenters. The molecule has 0 bridgehead atoms. The number of nitrogens with zero attached hydrogens (tertiary/aromatic N) is 4. The molecule has 0 spiro atoms. The van der Waals surface area contributed by atoms with Crippen LogP contribution in [-0.2, 0) is 10.3 Å². The highest BCUT2D eigenvalue weighted by Crippen LogP contribution is 2.49. The highest BCUT2D eigenvalue weighted by molar-refractivity contribution is 5.96. The molecule has 0 radical (unpaired) electrons. The maximum atomic E-state index is 12.8. The van der Waals surface area contributed by atoms with Gasteiger partial charge in [-0.2, -0.15) is 0 Å². The molecule has 1 aliphatic heterocycles. The van der Waals surface area contributed by atoms with Gasteiger partial charge in [0.15, 0.2) is 0 Å². The molecule has 2 heterocycles. The van der Waals surface area contributed by atoms with E-state index in [0.29, 0.717) is 22.5 Å². The van der Waals surface area contributed by atoms with E-state index in [4.69, 9.17) is 4.74 Å². The van der Waals surface area contributed by atoms with Crippen LogP contribution in [0.1, 0.15) is 27.2 Å². The summed E-state index contributed by atoms with van der Waals surface area (Å²) in [6.07, 6.45) is 1.56. The molecule has 158 valence electrons. The van der Waals surface area contributed by atoms with Gasteiger partial charge in [0.2, 0.25) is 5.60 Å². The lowest BCUT2D eigenvalue weighted by atomic mass is 9.81. The van der Waals surface area contributed by atoms with Gasteiger partial charge in [-0.3, -0.25) is 15.1 Å². The Hall–Kier alpha value is -3.94. The molecule has 2 aromatic carbocycles. The highest BCUT2D eigenvalue weighted by atomic mass is 16.6. The number of hydrogen-bond donors (Lipinski definition) is 0. The fraction of sp³-hybridized carbons (Fsp3) is 0.217. The lowest BCUT2D eigenvalue weighted by Crippen LogP contribution is -2.31. The van der Waals surface area contributed by atoms with Gasteiger partial charge in [-0.05, 0) is 36.4 Å². The third-order valence-corrected chi connectivity index (χ3v) is 5.47. The molecule has 1 unspecified atom stereocenters. The monoisotopic (exact) mass is 418 g/mol. The molecular formula is C23H22N4O4. The number of nitro benzene ring substituents is 1. The number of fused-ring (bicyclic) bond motifs is 1. The van der Waals surface area contributed by atoms with Crippen LogP contribution in [0.3, 0.4) is 0 Å². The Bertz CT molecular complexity index is 1170. The number of nitro groups is 1. The maximum absolute atomic E-state index is 12.8. The zero-order valence-electron chi connectivity index (χ0n) is 17.7. The van der Waals surface area contributed by atoms with Crippen molar-refractivity contribution in [3.05, 3.63) is 93.3 Å². The van der Waals surface area contributed by atoms with Gasteiger partial charge in [-0.1, -0.05) is 12.1 Å². The largest absolute Gasteiger partial charge is 0.439 e. The van der Waals surface area contributed by atoms with Crippen LogP contribution < -0.4 is 9.80 Å². The number of rotatable bonds is 5. The van der Waals surface area contributed by atoms with E-state index in [-0.39, 0.29) is 11.3 Å². The van der Waals surface area contributed by atoms with E-state index in [0.717, 1.165) is 5.69 Å². The Labute approximate surface area is 179 Å². The molecule has 1 aromatic heterocycles. The van der Waals surface area contributed by atoms with Crippen molar-refractivity contribution in [1.29, 1.82) is 0 Å². The Morgan fingerprint density at radius 1 is 0.968 bits per heavy atom. The van der Waals surface area contributed by atoms with E-state index in [1.54, 1.807) is 49.5 Å². The number of benzene rings is 2. The van der Waals surface area contributed by atoms with Crippen molar-refractivity contribution in [2.75, 3.05) is 38.0 Å². The fourth-order valence-electron chi connectivity index (χ4n) is 3.87. The second kappa shape index (κ2) is 7.39. The average Bonchev–Trinajstić information content (AvgIpc) is 3.07. The van der Waals surface area contributed by atoms with Crippen molar-refractivity contribution in [2.24, 2.45) is 0 Å². The summed E-state index contributed by atoms with van der Waals surface area (Å²) in [7, 11) is 7.45. The van der Waals surface area contributed by atoms with Crippen molar-refractivity contribution < 1.29 is 14.5 Å². The molecule has 0 fully saturated rings. The molecule has 4 rings (SSSR count). The van der Waals surface area contributed by atoms with E-state index in [1.165, 1.54) is 6.07 Å². The van der Waals surface area contributed by atoms with Crippen molar-refractivity contribution in [1.82, 2.24) is 4.98 Å². The summed E-state index contributed by atoms with van der Waals surface area (Å²) in [5.74, 6) is -0.564. The maximum Gasteiger partial charge on any atom is 0.341 e. The van der Waals surface area contributed by atoms with Crippen molar-refractivity contribution in [2.45, 2.75) is 5.60 Å². The minimum Gasteiger partial charge on any atom is -0.439 e. The zero-order chi connectivity index (χ0) is 22.3. The summed E-state index contributed by atoms with van der Waals surface area (Å²) in [6, 6.07) is 15.6. The summed E-state index contributed by atoms with van der Waals surface area (Å²) < 4.78 is 5.95. The summed E-state index contributed by atoms with van der Waals surface area (Å²) in [5.41, 5.74) is 1.43.